The van der Waals surface area contributed by atoms with Crippen molar-refractivity contribution in [2.45, 2.75) is 19.3 Å². The molecule has 2 N–H and O–H groups in total. The maximum atomic E-state index is 13.9. The van der Waals surface area contributed by atoms with Crippen LogP contribution in [0.5, 0.6) is 0 Å². The molecule has 1 saturated heterocycles. The number of aromatic nitrogens is 3. The van der Waals surface area contributed by atoms with Crippen molar-refractivity contribution < 1.29 is 8.78 Å². The van der Waals surface area contributed by atoms with E-state index in [-0.39, 0.29) is 5.95 Å². The van der Waals surface area contributed by atoms with E-state index < -0.39 is 11.6 Å². The zero-order valence-corrected chi connectivity index (χ0v) is 12.0. The van der Waals surface area contributed by atoms with E-state index in [4.69, 9.17) is 0 Å². The second-order valence-corrected chi connectivity index (χ2v) is 5.39. The minimum absolute atomic E-state index is 0.263. The molecule has 0 radical (unpaired) electrons. The van der Waals surface area contributed by atoms with Crippen LogP contribution in [0.2, 0.25) is 0 Å². The van der Waals surface area contributed by atoms with Gasteiger partial charge in [0.2, 0.25) is 5.95 Å². The van der Waals surface area contributed by atoms with Gasteiger partial charge in [0.1, 0.15) is 11.6 Å². The lowest BCUT2D eigenvalue weighted by atomic mass is 9.94. The summed E-state index contributed by atoms with van der Waals surface area (Å²) >= 11 is 0. The number of nitrogens with zero attached hydrogens (tertiary/aromatic N) is 3. The molecule has 1 atom stereocenters. The number of piperidine rings is 1. The smallest absolute Gasteiger partial charge is 0.228 e. The van der Waals surface area contributed by atoms with Crippen LogP contribution in [0.3, 0.4) is 0 Å². The summed E-state index contributed by atoms with van der Waals surface area (Å²) < 4.78 is 26.7. The molecule has 0 bridgehead atoms. The molecule has 22 heavy (non-hydrogen) atoms. The fraction of sp³-hybridized carbons (Fsp3) is 0.400. The highest BCUT2D eigenvalue weighted by atomic mass is 19.1. The van der Waals surface area contributed by atoms with Gasteiger partial charge in [0.25, 0.3) is 0 Å². The summed E-state index contributed by atoms with van der Waals surface area (Å²) in [6, 6.07) is 2.76. The molecule has 3 heterocycles. The Labute approximate surface area is 127 Å². The molecular formula is C15H17F2N5. The molecule has 0 amide bonds. The highest BCUT2D eigenvalue weighted by Gasteiger charge is 2.17. The molecule has 1 fully saturated rings. The topological polar surface area (TPSA) is 62.7 Å². The Morgan fingerprint density at radius 2 is 2.14 bits per heavy atom. The number of anilines is 2. The SMILES string of the molecule is Fc1ccc(Nc2ncc(F)c(C[C@H]3CCCNC3)n2)nc1. The number of halogens is 2. The van der Waals surface area contributed by atoms with Crippen LogP contribution < -0.4 is 10.6 Å². The van der Waals surface area contributed by atoms with Crippen LogP contribution in [0.25, 0.3) is 0 Å². The van der Waals surface area contributed by atoms with E-state index in [9.17, 15) is 8.78 Å². The van der Waals surface area contributed by atoms with Gasteiger partial charge in [-0.05, 0) is 50.4 Å². The Bertz CT molecular complexity index is 626. The van der Waals surface area contributed by atoms with Crippen LogP contribution in [0, 0.1) is 17.6 Å². The summed E-state index contributed by atoms with van der Waals surface area (Å²) in [5.41, 5.74) is 0.397. The zero-order valence-electron chi connectivity index (χ0n) is 12.0. The first-order valence-corrected chi connectivity index (χ1v) is 7.31. The molecule has 0 unspecified atom stereocenters. The third kappa shape index (κ3) is 3.73. The van der Waals surface area contributed by atoms with Gasteiger partial charge in [-0.25, -0.2) is 23.7 Å². The summed E-state index contributed by atoms with van der Waals surface area (Å²) in [5, 5.41) is 6.16. The molecule has 0 aromatic carbocycles. The van der Waals surface area contributed by atoms with Crippen molar-refractivity contribution >= 4 is 11.8 Å². The fourth-order valence-electron chi connectivity index (χ4n) is 2.54. The highest BCUT2D eigenvalue weighted by molar-refractivity contribution is 5.47. The maximum absolute atomic E-state index is 13.9. The molecule has 2 aromatic rings. The van der Waals surface area contributed by atoms with Gasteiger partial charge in [-0.1, -0.05) is 0 Å². The van der Waals surface area contributed by atoms with Crippen molar-refractivity contribution in [3.63, 3.8) is 0 Å². The van der Waals surface area contributed by atoms with Crippen molar-refractivity contribution in [2.24, 2.45) is 5.92 Å². The van der Waals surface area contributed by atoms with E-state index in [2.05, 4.69) is 25.6 Å². The Balaban J connectivity index is 1.72. The first-order valence-electron chi connectivity index (χ1n) is 7.31. The molecule has 2 aromatic heterocycles. The normalized spacial score (nSPS) is 18.2. The average Bonchev–Trinajstić information content (AvgIpc) is 2.54. The molecule has 1 aliphatic rings. The third-order valence-electron chi connectivity index (χ3n) is 3.66. The minimum Gasteiger partial charge on any atom is -0.316 e. The van der Waals surface area contributed by atoms with Crippen LogP contribution in [-0.4, -0.2) is 28.0 Å². The van der Waals surface area contributed by atoms with E-state index in [0.29, 0.717) is 23.9 Å². The van der Waals surface area contributed by atoms with Crippen LogP contribution in [0.4, 0.5) is 20.5 Å². The lowest BCUT2D eigenvalue weighted by molar-refractivity contribution is 0.368. The number of pyridine rings is 1. The quantitative estimate of drug-likeness (QED) is 0.908. The summed E-state index contributed by atoms with van der Waals surface area (Å²) in [5.74, 6) is 0.242. The van der Waals surface area contributed by atoms with Gasteiger partial charge in [0.15, 0.2) is 5.82 Å². The average molecular weight is 305 g/mol. The van der Waals surface area contributed by atoms with Gasteiger partial charge in [0, 0.05) is 0 Å². The number of nitrogens with one attached hydrogen (secondary N) is 2. The molecule has 3 rings (SSSR count). The van der Waals surface area contributed by atoms with Gasteiger partial charge in [-0.3, -0.25) is 0 Å². The van der Waals surface area contributed by atoms with Crippen molar-refractivity contribution in [3.8, 4) is 0 Å². The van der Waals surface area contributed by atoms with E-state index in [1.54, 1.807) is 0 Å². The van der Waals surface area contributed by atoms with Crippen LogP contribution in [0.1, 0.15) is 18.5 Å². The van der Waals surface area contributed by atoms with Crippen LogP contribution in [0.15, 0.2) is 24.5 Å². The van der Waals surface area contributed by atoms with Gasteiger partial charge >= 0.3 is 0 Å². The van der Waals surface area contributed by atoms with Gasteiger partial charge in [0.05, 0.1) is 18.1 Å². The number of hydrogen-bond donors (Lipinski definition) is 2. The summed E-state index contributed by atoms with van der Waals surface area (Å²) in [4.78, 5) is 12.0. The predicted molar refractivity (Wildman–Crippen MR) is 78.8 cm³/mol. The highest BCUT2D eigenvalue weighted by Crippen LogP contribution is 2.18. The van der Waals surface area contributed by atoms with E-state index >= 15 is 0 Å². The van der Waals surface area contributed by atoms with Crippen LogP contribution >= 0.6 is 0 Å². The monoisotopic (exact) mass is 305 g/mol. The Morgan fingerprint density at radius 1 is 1.23 bits per heavy atom. The van der Waals surface area contributed by atoms with Gasteiger partial charge in [-0.15, -0.1) is 0 Å². The number of hydrogen-bond acceptors (Lipinski definition) is 5. The van der Waals surface area contributed by atoms with Crippen LogP contribution in [-0.2, 0) is 6.42 Å². The molecule has 7 heteroatoms. The molecule has 0 aliphatic carbocycles. The summed E-state index contributed by atoms with van der Waals surface area (Å²) in [6.45, 7) is 1.90. The molecule has 0 saturated carbocycles. The largest absolute Gasteiger partial charge is 0.316 e. The first kappa shape index (κ1) is 14.8. The van der Waals surface area contributed by atoms with Crippen molar-refractivity contribution in [3.05, 3.63) is 41.9 Å². The Hall–Kier alpha value is -2.15. The van der Waals surface area contributed by atoms with Gasteiger partial charge < -0.3 is 10.6 Å². The van der Waals surface area contributed by atoms with E-state index in [1.807, 2.05) is 0 Å². The minimum atomic E-state index is -0.420. The predicted octanol–water partition coefficient (Wildman–Crippen LogP) is 2.44. The third-order valence-corrected chi connectivity index (χ3v) is 3.66. The summed E-state index contributed by atoms with van der Waals surface area (Å²) in [6.07, 6.45) is 5.00. The van der Waals surface area contributed by atoms with Crippen molar-refractivity contribution in [2.75, 3.05) is 18.4 Å². The Kier molecular flexibility index (Phi) is 4.53. The molecule has 1 aliphatic heterocycles. The van der Waals surface area contributed by atoms with Crippen molar-refractivity contribution in [1.29, 1.82) is 0 Å². The fourth-order valence-corrected chi connectivity index (χ4v) is 2.54. The lowest BCUT2D eigenvalue weighted by Crippen LogP contribution is -2.31. The molecular weight excluding hydrogens is 288 g/mol. The number of rotatable bonds is 4. The van der Waals surface area contributed by atoms with Crippen molar-refractivity contribution in [1.82, 2.24) is 20.3 Å². The second kappa shape index (κ2) is 6.74. The summed E-state index contributed by atoms with van der Waals surface area (Å²) in [7, 11) is 0. The maximum Gasteiger partial charge on any atom is 0.228 e. The standard InChI is InChI=1S/C15H17F2N5/c16-11-3-4-14(19-8-11)22-15-20-9-12(17)13(21-15)6-10-2-1-5-18-7-10/h3-4,8-10,18H,1-2,5-7H2,(H,19,20,21,22)/t10-/m1/s1. The molecule has 5 nitrogen and oxygen atoms in total. The first-order chi connectivity index (χ1) is 10.7. The zero-order chi connectivity index (χ0) is 15.4. The van der Waals surface area contributed by atoms with Gasteiger partial charge in [-0.2, -0.15) is 0 Å². The van der Waals surface area contributed by atoms with E-state index in [1.165, 1.54) is 12.1 Å². The lowest BCUT2D eigenvalue weighted by Gasteiger charge is -2.22. The second-order valence-electron chi connectivity index (χ2n) is 5.39. The Morgan fingerprint density at radius 3 is 2.86 bits per heavy atom. The van der Waals surface area contributed by atoms with E-state index in [0.717, 1.165) is 38.3 Å². The molecule has 116 valence electrons. The molecule has 0 spiro atoms.